The topological polar surface area (TPSA) is 58.9 Å². The molecule has 1 heterocycles. The molecule has 0 aliphatic carbocycles. The van der Waals surface area contributed by atoms with E-state index < -0.39 is 5.97 Å². The summed E-state index contributed by atoms with van der Waals surface area (Å²) < 4.78 is 23.1. The summed E-state index contributed by atoms with van der Waals surface area (Å²) >= 11 is 0. The third-order valence-electron chi connectivity index (χ3n) is 4.56. The molecule has 0 amide bonds. The minimum Gasteiger partial charge on any atom is -0.497 e. The maximum atomic E-state index is 12.3. The van der Waals surface area contributed by atoms with Crippen molar-refractivity contribution in [1.29, 1.82) is 0 Å². The molecule has 31 heavy (non-hydrogen) atoms. The van der Waals surface area contributed by atoms with Gasteiger partial charge in [-0.1, -0.05) is 18.1 Å². The fourth-order valence-electron chi connectivity index (χ4n) is 3.15. The molecule has 0 bridgehead atoms. The van der Waals surface area contributed by atoms with E-state index in [4.69, 9.17) is 18.9 Å². The first kappa shape index (κ1) is 22.0. The second kappa shape index (κ2) is 10.4. The number of carbonyl (C=O) groups is 1. The molecule has 0 saturated heterocycles. The Morgan fingerprint density at radius 1 is 1.10 bits per heavy atom. The molecule has 0 N–H and O–H groups in total. The van der Waals surface area contributed by atoms with Gasteiger partial charge in [0.2, 0.25) is 0 Å². The second-order valence-electron chi connectivity index (χ2n) is 6.55. The highest BCUT2D eigenvalue weighted by Crippen LogP contribution is 2.30. The Morgan fingerprint density at radius 3 is 2.65 bits per heavy atom. The molecule has 0 fully saturated rings. The van der Waals surface area contributed by atoms with Crippen LogP contribution in [-0.2, 0) is 9.47 Å². The molecule has 0 radical (unpaired) electrons. The monoisotopic (exact) mass is 419 g/mol. The number of hydrogen-bond donors (Lipinski definition) is 0. The van der Waals surface area contributed by atoms with Gasteiger partial charge in [0, 0.05) is 36.8 Å². The Bertz CT molecular complexity index is 1120. The molecule has 3 rings (SSSR count). The molecular formula is C25H25NO5. The molecule has 0 aliphatic rings. The predicted molar refractivity (Wildman–Crippen MR) is 119 cm³/mol. The lowest BCUT2D eigenvalue weighted by Gasteiger charge is -2.12. The Balaban J connectivity index is 2.07. The number of hydrogen-bond acceptors (Lipinski definition) is 5. The molecule has 0 saturated carbocycles. The van der Waals surface area contributed by atoms with E-state index in [9.17, 15) is 4.79 Å². The lowest BCUT2D eigenvalue weighted by atomic mass is 10.0. The summed E-state index contributed by atoms with van der Waals surface area (Å²) in [7, 11) is 3.17. The third kappa shape index (κ3) is 5.08. The molecule has 0 spiro atoms. The van der Waals surface area contributed by atoms with E-state index in [1.165, 1.54) is 7.11 Å². The summed E-state index contributed by atoms with van der Waals surface area (Å²) in [6.45, 7) is 3.86. The Kier molecular flexibility index (Phi) is 7.36. The molecule has 2 aromatic carbocycles. The van der Waals surface area contributed by atoms with Crippen LogP contribution in [0.25, 0.3) is 16.8 Å². The highest BCUT2D eigenvalue weighted by molar-refractivity contribution is 5.93. The first-order chi connectivity index (χ1) is 15.1. The molecule has 0 unspecified atom stereocenters. The van der Waals surface area contributed by atoms with Crippen LogP contribution in [0.1, 0.15) is 29.8 Å². The maximum Gasteiger partial charge on any atom is 0.341 e. The van der Waals surface area contributed by atoms with Gasteiger partial charge in [0.1, 0.15) is 17.1 Å². The van der Waals surface area contributed by atoms with Crippen molar-refractivity contribution in [3.8, 4) is 40.2 Å². The molecule has 3 aromatic rings. The molecule has 0 aliphatic heterocycles. The zero-order chi connectivity index (χ0) is 22.2. The van der Waals surface area contributed by atoms with Crippen LogP contribution in [0.3, 0.4) is 0 Å². The molecule has 6 heteroatoms. The number of benzene rings is 2. The van der Waals surface area contributed by atoms with Gasteiger partial charge in [-0.25, -0.2) is 4.79 Å². The van der Waals surface area contributed by atoms with E-state index in [0.717, 1.165) is 28.1 Å². The van der Waals surface area contributed by atoms with E-state index in [-0.39, 0.29) is 13.4 Å². The predicted octanol–water partition coefficient (Wildman–Crippen LogP) is 4.68. The largest absolute Gasteiger partial charge is 0.497 e. The van der Waals surface area contributed by atoms with Crippen molar-refractivity contribution >= 4 is 5.97 Å². The van der Waals surface area contributed by atoms with Crippen LogP contribution < -0.4 is 9.47 Å². The fourth-order valence-corrected chi connectivity index (χ4v) is 3.15. The van der Waals surface area contributed by atoms with Crippen molar-refractivity contribution < 1.29 is 23.7 Å². The van der Waals surface area contributed by atoms with Crippen LogP contribution in [0.5, 0.6) is 11.5 Å². The molecule has 1 aromatic heterocycles. The highest BCUT2D eigenvalue weighted by Gasteiger charge is 2.16. The second-order valence-corrected chi connectivity index (χ2v) is 6.55. The maximum absolute atomic E-state index is 12.3. The number of nitrogens with zero attached hydrogens (tertiary/aromatic N) is 1. The average Bonchev–Trinajstić information content (AvgIpc) is 3.22. The smallest absolute Gasteiger partial charge is 0.341 e. The van der Waals surface area contributed by atoms with E-state index >= 15 is 0 Å². The van der Waals surface area contributed by atoms with Gasteiger partial charge < -0.3 is 23.5 Å². The van der Waals surface area contributed by atoms with Crippen molar-refractivity contribution in [3.05, 3.63) is 66.0 Å². The first-order valence-corrected chi connectivity index (χ1v) is 9.83. The van der Waals surface area contributed by atoms with Gasteiger partial charge in [0.25, 0.3) is 0 Å². The minimum atomic E-state index is -0.442. The number of ether oxygens (including phenoxy) is 4. The van der Waals surface area contributed by atoms with E-state index in [1.807, 2.05) is 47.3 Å². The highest BCUT2D eigenvalue weighted by atomic mass is 16.7. The quantitative estimate of drug-likeness (QED) is 0.301. The average molecular weight is 419 g/mol. The standard InChI is InChI=1S/C25H25NO5/c1-5-8-19-15-26(16-23(19)18-9-7-10-21(13-18)29-4)20-11-12-22(25(27)30-6-2)24(14-20)31-17-28-3/h7,9-16H,6,17H2,1-4H3. The van der Waals surface area contributed by atoms with Gasteiger partial charge in [-0.05, 0) is 43.7 Å². The van der Waals surface area contributed by atoms with Gasteiger partial charge >= 0.3 is 5.97 Å². The molecule has 160 valence electrons. The van der Waals surface area contributed by atoms with Crippen molar-refractivity contribution in [3.63, 3.8) is 0 Å². The number of carbonyl (C=O) groups excluding carboxylic acids is 1. The Labute approximate surface area is 182 Å². The summed E-state index contributed by atoms with van der Waals surface area (Å²) in [6.07, 6.45) is 3.94. The molecule has 0 atom stereocenters. The SMILES string of the molecule is CC#Cc1cn(-c2ccc(C(=O)OCC)c(OCOC)c2)cc1-c1cccc(OC)c1. The minimum absolute atomic E-state index is 0.0170. The lowest BCUT2D eigenvalue weighted by Crippen LogP contribution is -2.10. The number of aromatic nitrogens is 1. The van der Waals surface area contributed by atoms with Crippen LogP contribution in [0.4, 0.5) is 0 Å². The van der Waals surface area contributed by atoms with Gasteiger partial charge in [-0.15, -0.1) is 5.92 Å². The summed E-state index contributed by atoms with van der Waals surface area (Å²) in [5.74, 6) is 6.85. The van der Waals surface area contributed by atoms with E-state index in [0.29, 0.717) is 11.3 Å². The normalized spacial score (nSPS) is 10.2. The summed E-state index contributed by atoms with van der Waals surface area (Å²) in [6, 6.07) is 13.1. The summed E-state index contributed by atoms with van der Waals surface area (Å²) in [5, 5.41) is 0. The van der Waals surface area contributed by atoms with Crippen molar-refractivity contribution in [1.82, 2.24) is 4.57 Å². The number of esters is 1. The lowest BCUT2D eigenvalue weighted by molar-refractivity contribution is 0.0438. The van der Waals surface area contributed by atoms with Gasteiger partial charge in [-0.2, -0.15) is 0 Å². The van der Waals surface area contributed by atoms with Crippen LogP contribution in [0, 0.1) is 11.8 Å². The van der Waals surface area contributed by atoms with Crippen molar-refractivity contribution in [2.24, 2.45) is 0 Å². The van der Waals surface area contributed by atoms with Crippen molar-refractivity contribution in [2.45, 2.75) is 13.8 Å². The Morgan fingerprint density at radius 2 is 1.94 bits per heavy atom. The zero-order valence-corrected chi connectivity index (χ0v) is 18.1. The van der Waals surface area contributed by atoms with Gasteiger partial charge in [0.15, 0.2) is 6.79 Å². The fraction of sp³-hybridized carbons (Fsp3) is 0.240. The molecular weight excluding hydrogens is 394 g/mol. The van der Waals surface area contributed by atoms with E-state index in [2.05, 4.69) is 11.8 Å². The van der Waals surface area contributed by atoms with Gasteiger partial charge in [0.05, 0.1) is 19.3 Å². The Hall–Kier alpha value is -3.69. The van der Waals surface area contributed by atoms with Crippen molar-refractivity contribution in [2.75, 3.05) is 27.6 Å². The summed E-state index contributed by atoms with van der Waals surface area (Å²) in [4.78, 5) is 12.3. The van der Waals surface area contributed by atoms with Gasteiger partial charge in [-0.3, -0.25) is 0 Å². The number of methoxy groups -OCH3 is 2. The van der Waals surface area contributed by atoms with Crippen LogP contribution in [-0.4, -0.2) is 38.2 Å². The third-order valence-corrected chi connectivity index (χ3v) is 4.56. The van der Waals surface area contributed by atoms with Crippen LogP contribution >= 0.6 is 0 Å². The first-order valence-electron chi connectivity index (χ1n) is 9.83. The van der Waals surface area contributed by atoms with Crippen LogP contribution in [0.2, 0.25) is 0 Å². The van der Waals surface area contributed by atoms with E-state index in [1.54, 1.807) is 33.1 Å². The zero-order valence-electron chi connectivity index (χ0n) is 18.1. The van der Waals surface area contributed by atoms with Crippen LogP contribution in [0.15, 0.2) is 54.9 Å². The summed E-state index contributed by atoms with van der Waals surface area (Å²) in [5.41, 5.74) is 4.00. The molecule has 6 nitrogen and oxygen atoms in total. The number of rotatable bonds is 8.